The van der Waals surface area contributed by atoms with E-state index in [1.807, 2.05) is 6.92 Å². The zero-order valence-corrected chi connectivity index (χ0v) is 18.1. The number of nitrogens with one attached hydrogen (secondary N) is 2. The third-order valence-electron chi connectivity index (χ3n) is 4.86. The van der Waals surface area contributed by atoms with Crippen LogP contribution in [0.3, 0.4) is 0 Å². The first-order chi connectivity index (χ1) is 11.7. The Morgan fingerprint density at radius 3 is 2.68 bits per heavy atom. The second kappa shape index (κ2) is 12.7. The number of carbonyl (C=O) groups excluding carboxylic acids is 1. The van der Waals surface area contributed by atoms with E-state index in [1.54, 1.807) is 0 Å². The molecule has 1 saturated carbocycles. The van der Waals surface area contributed by atoms with Gasteiger partial charge in [-0.15, -0.1) is 24.0 Å². The zero-order valence-electron chi connectivity index (χ0n) is 15.8. The minimum atomic E-state index is -0.131. The molecule has 2 rings (SSSR count). The van der Waals surface area contributed by atoms with Crippen molar-refractivity contribution in [2.24, 2.45) is 4.99 Å². The molecule has 146 valence electrons. The summed E-state index contributed by atoms with van der Waals surface area (Å²) in [5.41, 5.74) is 0. The Balaban J connectivity index is 0.00000312. The first kappa shape index (κ1) is 22.5. The molecule has 0 amide bonds. The normalized spacial score (nSPS) is 21.8. The van der Waals surface area contributed by atoms with Crippen LogP contribution >= 0.6 is 24.0 Å². The third-order valence-corrected chi connectivity index (χ3v) is 4.86. The lowest BCUT2D eigenvalue weighted by molar-refractivity contribution is -0.143. The van der Waals surface area contributed by atoms with Gasteiger partial charge in [0, 0.05) is 44.7 Å². The maximum Gasteiger partial charge on any atom is 0.305 e. The molecule has 0 aromatic heterocycles. The number of likely N-dealkylation sites (tertiary alicyclic amines) is 1. The smallest absolute Gasteiger partial charge is 0.305 e. The minimum absolute atomic E-state index is 0. The van der Waals surface area contributed by atoms with E-state index in [0.29, 0.717) is 25.6 Å². The van der Waals surface area contributed by atoms with Crippen molar-refractivity contribution in [1.29, 1.82) is 0 Å². The molecule has 0 spiro atoms. The Hall–Kier alpha value is -0.570. The monoisotopic (exact) mass is 466 g/mol. The summed E-state index contributed by atoms with van der Waals surface area (Å²) in [6.07, 6.45) is 7.88. The maximum atomic E-state index is 11.3. The Morgan fingerprint density at radius 1 is 1.24 bits per heavy atom. The van der Waals surface area contributed by atoms with Crippen LogP contribution in [-0.4, -0.2) is 61.7 Å². The number of nitrogens with zero attached hydrogens (tertiary/aromatic N) is 2. The van der Waals surface area contributed by atoms with E-state index < -0.39 is 0 Å². The first-order valence-electron chi connectivity index (χ1n) is 9.67. The van der Waals surface area contributed by atoms with Crippen molar-refractivity contribution in [3.05, 3.63) is 0 Å². The van der Waals surface area contributed by atoms with Gasteiger partial charge in [0.1, 0.15) is 0 Å². The number of guanidine groups is 1. The van der Waals surface area contributed by atoms with Crippen molar-refractivity contribution in [2.75, 3.05) is 32.8 Å². The zero-order chi connectivity index (χ0) is 17.2. The minimum Gasteiger partial charge on any atom is -0.466 e. The van der Waals surface area contributed by atoms with Gasteiger partial charge in [0.15, 0.2) is 5.96 Å². The number of carbonyl (C=O) groups is 1. The summed E-state index contributed by atoms with van der Waals surface area (Å²) in [5.74, 6) is 0.744. The van der Waals surface area contributed by atoms with Gasteiger partial charge in [0.2, 0.25) is 0 Å². The Kier molecular flexibility index (Phi) is 11.4. The lowest BCUT2D eigenvalue weighted by Gasteiger charge is -2.24. The summed E-state index contributed by atoms with van der Waals surface area (Å²) in [7, 11) is 0. The van der Waals surface area contributed by atoms with E-state index in [0.717, 1.165) is 31.5 Å². The summed E-state index contributed by atoms with van der Waals surface area (Å²) in [5, 5.41) is 6.88. The first-order valence-corrected chi connectivity index (χ1v) is 9.67. The van der Waals surface area contributed by atoms with Crippen LogP contribution in [0, 0.1) is 0 Å². The molecule has 2 fully saturated rings. The van der Waals surface area contributed by atoms with E-state index in [2.05, 4.69) is 27.4 Å². The standard InChI is InChI=1S/C18H34N4O2.HI/c1-3-19-18(20-12-7-10-17(23)24-4-2)21-15-11-13-22(14-15)16-8-5-6-9-16;/h15-16H,3-14H2,1-2H3,(H2,19,20,21);1H. The van der Waals surface area contributed by atoms with Crippen LogP contribution in [-0.2, 0) is 9.53 Å². The van der Waals surface area contributed by atoms with Crippen LogP contribution < -0.4 is 10.6 Å². The van der Waals surface area contributed by atoms with E-state index in [-0.39, 0.29) is 29.9 Å². The van der Waals surface area contributed by atoms with E-state index in [1.165, 1.54) is 38.6 Å². The van der Waals surface area contributed by atoms with Crippen LogP contribution in [0.5, 0.6) is 0 Å². The predicted octanol–water partition coefficient (Wildman–Crippen LogP) is 2.52. The second-order valence-electron chi connectivity index (χ2n) is 6.73. The fourth-order valence-corrected chi connectivity index (χ4v) is 3.67. The number of ether oxygens (including phenoxy) is 1. The fourth-order valence-electron chi connectivity index (χ4n) is 3.67. The molecule has 0 aromatic rings. The van der Waals surface area contributed by atoms with Gasteiger partial charge in [0.05, 0.1) is 6.61 Å². The lowest BCUT2D eigenvalue weighted by Crippen LogP contribution is -2.45. The summed E-state index contributed by atoms with van der Waals surface area (Å²) in [4.78, 5) is 18.6. The second-order valence-corrected chi connectivity index (χ2v) is 6.73. The maximum absolute atomic E-state index is 11.3. The number of hydrogen-bond acceptors (Lipinski definition) is 4. The van der Waals surface area contributed by atoms with E-state index in [4.69, 9.17) is 4.74 Å². The molecule has 0 bridgehead atoms. The molecule has 25 heavy (non-hydrogen) atoms. The van der Waals surface area contributed by atoms with Crippen molar-refractivity contribution in [3.8, 4) is 0 Å². The number of hydrogen-bond donors (Lipinski definition) is 2. The molecule has 2 aliphatic rings. The van der Waals surface area contributed by atoms with Crippen molar-refractivity contribution >= 4 is 35.9 Å². The Morgan fingerprint density at radius 2 is 2.00 bits per heavy atom. The van der Waals surface area contributed by atoms with Gasteiger partial charge in [-0.25, -0.2) is 0 Å². The molecule has 1 heterocycles. The molecule has 7 heteroatoms. The highest BCUT2D eigenvalue weighted by Crippen LogP contribution is 2.26. The van der Waals surface area contributed by atoms with Gasteiger partial charge in [-0.1, -0.05) is 12.8 Å². The topological polar surface area (TPSA) is 66.0 Å². The Bertz CT molecular complexity index is 414. The highest BCUT2D eigenvalue weighted by Gasteiger charge is 2.30. The summed E-state index contributed by atoms with van der Waals surface area (Å²) in [6.45, 7) is 8.18. The number of esters is 1. The summed E-state index contributed by atoms with van der Waals surface area (Å²) < 4.78 is 4.94. The molecule has 0 aromatic carbocycles. The van der Waals surface area contributed by atoms with Gasteiger partial charge in [0.25, 0.3) is 0 Å². The molecule has 1 saturated heterocycles. The van der Waals surface area contributed by atoms with E-state index >= 15 is 0 Å². The Labute approximate surface area is 169 Å². The summed E-state index contributed by atoms with van der Waals surface area (Å²) in [6, 6.07) is 1.29. The predicted molar refractivity (Wildman–Crippen MR) is 113 cm³/mol. The molecule has 2 N–H and O–H groups in total. The van der Waals surface area contributed by atoms with Crippen LogP contribution in [0.4, 0.5) is 0 Å². The number of halogens is 1. The molecular weight excluding hydrogens is 431 g/mol. The van der Waals surface area contributed by atoms with Gasteiger partial charge in [-0.2, -0.15) is 0 Å². The highest BCUT2D eigenvalue weighted by molar-refractivity contribution is 14.0. The van der Waals surface area contributed by atoms with Gasteiger partial charge in [-0.05, 0) is 39.5 Å². The number of aliphatic imine (C=N–C) groups is 1. The largest absolute Gasteiger partial charge is 0.466 e. The van der Waals surface area contributed by atoms with Crippen molar-refractivity contribution < 1.29 is 9.53 Å². The van der Waals surface area contributed by atoms with Crippen molar-refractivity contribution in [1.82, 2.24) is 15.5 Å². The van der Waals surface area contributed by atoms with Gasteiger partial charge < -0.3 is 15.4 Å². The summed E-state index contributed by atoms with van der Waals surface area (Å²) >= 11 is 0. The fraction of sp³-hybridized carbons (Fsp3) is 0.889. The lowest BCUT2D eigenvalue weighted by atomic mass is 10.2. The van der Waals surface area contributed by atoms with Crippen LogP contribution in [0.2, 0.25) is 0 Å². The number of rotatable bonds is 8. The molecule has 6 nitrogen and oxygen atoms in total. The van der Waals surface area contributed by atoms with Gasteiger partial charge >= 0.3 is 5.97 Å². The highest BCUT2D eigenvalue weighted by atomic mass is 127. The van der Waals surface area contributed by atoms with Crippen LogP contribution in [0.25, 0.3) is 0 Å². The van der Waals surface area contributed by atoms with Crippen molar-refractivity contribution in [3.63, 3.8) is 0 Å². The molecule has 1 unspecified atom stereocenters. The molecule has 1 aliphatic heterocycles. The molecule has 0 radical (unpaired) electrons. The van der Waals surface area contributed by atoms with Crippen LogP contribution in [0.15, 0.2) is 4.99 Å². The van der Waals surface area contributed by atoms with Crippen molar-refractivity contribution in [2.45, 2.75) is 70.9 Å². The quantitative estimate of drug-likeness (QED) is 0.189. The average molecular weight is 466 g/mol. The van der Waals surface area contributed by atoms with Gasteiger partial charge in [-0.3, -0.25) is 14.7 Å². The third kappa shape index (κ3) is 8.11. The molecular formula is C18H35IN4O2. The van der Waals surface area contributed by atoms with E-state index in [9.17, 15) is 4.79 Å². The molecule has 1 aliphatic carbocycles. The average Bonchev–Trinajstić information content (AvgIpc) is 3.23. The van der Waals surface area contributed by atoms with Crippen LogP contribution in [0.1, 0.15) is 58.8 Å². The SMILES string of the molecule is CCNC(=NCCCC(=O)OCC)NC1CCN(C2CCCC2)C1.I. The molecule has 1 atom stereocenters.